The molecule has 2 aromatic heterocycles. The molecule has 158 valence electrons. The third-order valence-corrected chi connectivity index (χ3v) is 5.43. The van der Waals surface area contributed by atoms with Crippen LogP contribution in [0, 0.1) is 0 Å². The summed E-state index contributed by atoms with van der Waals surface area (Å²) < 4.78 is 7.06. The van der Waals surface area contributed by atoms with Gasteiger partial charge in [-0.05, 0) is 6.42 Å². The molecule has 1 saturated heterocycles. The van der Waals surface area contributed by atoms with Crippen LogP contribution >= 0.6 is 0 Å². The molecule has 1 aromatic carbocycles. The van der Waals surface area contributed by atoms with Gasteiger partial charge in [0.15, 0.2) is 5.65 Å². The molecule has 3 aromatic rings. The van der Waals surface area contributed by atoms with Gasteiger partial charge in [-0.1, -0.05) is 30.3 Å². The number of methoxy groups -OCH3 is 1. The van der Waals surface area contributed by atoms with Gasteiger partial charge in [0, 0.05) is 64.4 Å². The smallest absolute Gasteiger partial charge is 0.242 e. The molecule has 0 unspecified atom stereocenters. The molecule has 1 aliphatic rings. The fourth-order valence-electron chi connectivity index (χ4n) is 3.80. The Morgan fingerprint density at radius 3 is 2.73 bits per heavy atom. The van der Waals surface area contributed by atoms with E-state index in [0.29, 0.717) is 0 Å². The predicted molar refractivity (Wildman–Crippen MR) is 116 cm³/mol. The van der Waals surface area contributed by atoms with E-state index in [2.05, 4.69) is 15.2 Å². The molecular weight excluding hydrogens is 380 g/mol. The number of piperazine rings is 1. The Morgan fingerprint density at radius 1 is 1.17 bits per heavy atom. The van der Waals surface area contributed by atoms with Crippen LogP contribution in [0.2, 0.25) is 0 Å². The number of nitrogens with zero attached hydrogens (tertiary/aromatic N) is 5. The summed E-state index contributed by atoms with van der Waals surface area (Å²) in [6.45, 7) is 5.37. The molecular formula is C22H28N6O2. The number of hydrogen-bond donors (Lipinski definition) is 1. The lowest BCUT2D eigenvalue weighted by atomic mass is 10.1. The standard InChI is InChI=1S/C22H28N6O2/c1-30-15-5-9-26-11-13-27(14-12-26)20(29)17-24-22-21(18-6-3-2-4-7-18)25-19-16-23-8-10-28(19)22/h2-4,6-8,10,16,24H,5,9,11-15,17H2,1H3. The lowest BCUT2D eigenvalue weighted by Gasteiger charge is -2.34. The van der Waals surface area contributed by atoms with Crippen LogP contribution in [0.1, 0.15) is 6.42 Å². The summed E-state index contributed by atoms with van der Waals surface area (Å²) in [7, 11) is 1.73. The zero-order chi connectivity index (χ0) is 20.8. The number of hydrogen-bond acceptors (Lipinski definition) is 6. The fourth-order valence-corrected chi connectivity index (χ4v) is 3.80. The van der Waals surface area contributed by atoms with Gasteiger partial charge in [0.25, 0.3) is 0 Å². The molecule has 1 fully saturated rings. The van der Waals surface area contributed by atoms with Crippen molar-refractivity contribution in [3.8, 4) is 11.3 Å². The minimum absolute atomic E-state index is 0.106. The van der Waals surface area contributed by atoms with Crippen molar-refractivity contribution >= 4 is 17.4 Å². The molecule has 0 saturated carbocycles. The molecule has 0 radical (unpaired) electrons. The summed E-state index contributed by atoms with van der Waals surface area (Å²) in [5.41, 5.74) is 2.57. The Bertz CT molecular complexity index is 966. The van der Waals surface area contributed by atoms with E-state index in [-0.39, 0.29) is 12.5 Å². The largest absolute Gasteiger partial charge is 0.385 e. The molecule has 0 atom stereocenters. The second-order valence-corrected chi connectivity index (χ2v) is 7.40. The van der Waals surface area contributed by atoms with Crippen LogP contribution in [0.25, 0.3) is 16.9 Å². The number of ether oxygens (including phenoxy) is 1. The van der Waals surface area contributed by atoms with Gasteiger partial charge in [0.2, 0.25) is 5.91 Å². The van der Waals surface area contributed by atoms with Gasteiger partial charge >= 0.3 is 0 Å². The van der Waals surface area contributed by atoms with E-state index in [4.69, 9.17) is 9.72 Å². The Kier molecular flexibility index (Phi) is 6.56. The van der Waals surface area contributed by atoms with Crippen LogP contribution in [-0.4, -0.2) is 83.1 Å². The molecule has 1 N–H and O–H groups in total. The average molecular weight is 409 g/mol. The maximum Gasteiger partial charge on any atom is 0.242 e. The first-order valence-corrected chi connectivity index (χ1v) is 10.4. The monoisotopic (exact) mass is 408 g/mol. The number of amides is 1. The maximum atomic E-state index is 12.8. The topological polar surface area (TPSA) is 75.0 Å². The Hall–Kier alpha value is -2.97. The second kappa shape index (κ2) is 9.69. The van der Waals surface area contributed by atoms with E-state index in [9.17, 15) is 4.79 Å². The Balaban J connectivity index is 1.41. The van der Waals surface area contributed by atoms with Gasteiger partial charge in [0.1, 0.15) is 11.5 Å². The van der Waals surface area contributed by atoms with Crippen LogP contribution in [0.15, 0.2) is 48.9 Å². The van der Waals surface area contributed by atoms with Gasteiger partial charge in [-0.25, -0.2) is 4.98 Å². The average Bonchev–Trinajstić information content (AvgIpc) is 3.17. The van der Waals surface area contributed by atoms with E-state index >= 15 is 0 Å². The minimum Gasteiger partial charge on any atom is -0.385 e. The minimum atomic E-state index is 0.106. The number of nitrogens with one attached hydrogen (secondary N) is 1. The zero-order valence-corrected chi connectivity index (χ0v) is 17.3. The van der Waals surface area contributed by atoms with Crippen LogP contribution in [0.5, 0.6) is 0 Å². The third kappa shape index (κ3) is 4.60. The molecule has 1 amide bonds. The van der Waals surface area contributed by atoms with Crippen molar-refractivity contribution in [2.75, 3.05) is 58.3 Å². The molecule has 30 heavy (non-hydrogen) atoms. The summed E-state index contributed by atoms with van der Waals surface area (Å²) in [5.74, 6) is 0.916. The van der Waals surface area contributed by atoms with E-state index < -0.39 is 0 Å². The highest BCUT2D eigenvalue weighted by atomic mass is 16.5. The summed E-state index contributed by atoms with van der Waals surface area (Å²) in [5, 5.41) is 3.34. The van der Waals surface area contributed by atoms with Crippen molar-refractivity contribution in [1.29, 1.82) is 0 Å². The maximum absolute atomic E-state index is 12.8. The first-order valence-electron chi connectivity index (χ1n) is 10.4. The first-order chi connectivity index (χ1) is 14.8. The molecule has 0 aliphatic carbocycles. The molecule has 8 heteroatoms. The quantitative estimate of drug-likeness (QED) is 0.575. The molecule has 0 spiro atoms. The lowest BCUT2D eigenvalue weighted by molar-refractivity contribution is -0.131. The van der Waals surface area contributed by atoms with Crippen LogP contribution in [0.3, 0.4) is 0 Å². The van der Waals surface area contributed by atoms with Crippen molar-refractivity contribution < 1.29 is 9.53 Å². The summed E-state index contributed by atoms with van der Waals surface area (Å²) in [4.78, 5) is 26.0. The first kappa shape index (κ1) is 20.3. The molecule has 4 rings (SSSR count). The lowest BCUT2D eigenvalue weighted by Crippen LogP contribution is -2.50. The van der Waals surface area contributed by atoms with E-state index in [0.717, 1.165) is 68.5 Å². The number of carbonyl (C=O) groups is 1. The normalized spacial score (nSPS) is 14.9. The molecule has 8 nitrogen and oxygen atoms in total. The van der Waals surface area contributed by atoms with E-state index in [1.54, 1.807) is 19.5 Å². The highest BCUT2D eigenvalue weighted by Gasteiger charge is 2.22. The summed E-state index contributed by atoms with van der Waals surface area (Å²) in [6, 6.07) is 9.99. The van der Waals surface area contributed by atoms with Crippen LogP contribution < -0.4 is 5.32 Å². The molecule has 1 aliphatic heterocycles. The van der Waals surface area contributed by atoms with E-state index in [1.165, 1.54) is 0 Å². The van der Waals surface area contributed by atoms with Gasteiger partial charge in [0.05, 0.1) is 12.7 Å². The third-order valence-electron chi connectivity index (χ3n) is 5.43. The number of anilines is 1. The molecule has 0 bridgehead atoms. The number of carbonyl (C=O) groups excluding carboxylic acids is 1. The number of aromatic nitrogens is 3. The predicted octanol–water partition coefficient (Wildman–Crippen LogP) is 1.99. The second-order valence-electron chi connectivity index (χ2n) is 7.40. The zero-order valence-electron chi connectivity index (χ0n) is 17.3. The van der Waals surface area contributed by atoms with Crippen LogP contribution in [-0.2, 0) is 9.53 Å². The molecule has 3 heterocycles. The van der Waals surface area contributed by atoms with Crippen molar-refractivity contribution in [1.82, 2.24) is 24.2 Å². The number of rotatable bonds is 8. The van der Waals surface area contributed by atoms with Gasteiger partial charge in [-0.15, -0.1) is 0 Å². The van der Waals surface area contributed by atoms with Crippen molar-refractivity contribution in [3.05, 3.63) is 48.9 Å². The van der Waals surface area contributed by atoms with E-state index in [1.807, 2.05) is 45.8 Å². The Morgan fingerprint density at radius 2 is 1.97 bits per heavy atom. The van der Waals surface area contributed by atoms with Crippen molar-refractivity contribution in [2.24, 2.45) is 0 Å². The number of imidazole rings is 1. The highest BCUT2D eigenvalue weighted by molar-refractivity contribution is 5.83. The van der Waals surface area contributed by atoms with Crippen molar-refractivity contribution in [3.63, 3.8) is 0 Å². The fraction of sp³-hybridized carbons (Fsp3) is 0.409. The SMILES string of the molecule is COCCCN1CCN(C(=O)CNc2c(-c3ccccc3)nc3cnccn23)CC1. The van der Waals surface area contributed by atoms with Gasteiger partial charge in [-0.3, -0.25) is 19.1 Å². The van der Waals surface area contributed by atoms with Crippen LogP contribution in [0.4, 0.5) is 5.82 Å². The number of benzene rings is 1. The number of fused-ring (bicyclic) bond motifs is 1. The van der Waals surface area contributed by atoms with Gasteiger partial charge in [-0.2, -0.15) is 0 Å². The van der Waals surface area contributed by atoms with Gasteiger partial charge < -0.3 is 15.0 Å². The summed E-state index contributed by atoms with van der Waals surface area (Å²) in [6.07, 6.45) is 6.33. The summed E-state index contributed by atoms with van der Waals surface area (Å²) >= 11 is 0. The van der Waals surface area contributed by atoms with Crippen molar-refractivity contribution in [2.45, 2.75) is 6.42 Å². The Labute approximate surface area is 176 Å². The highest BCUT2D eigenvalue weighted by Crippen LogP contribution is 2.28.